The summed E-state index contributed by atoms with van der Waals surface area (Å²) < 4.78 is 30.4. The van der Waals surface area contributed by atoms with Crippen LogP contribution in [0.5, 0.6) is 11.5 Å². The number of ether oxygens (including phenoxy) is 3. The minimum absolute atomic E-state index is 0.0370. The van der Waals surface area contributed by atoms with Crippen molar-refractivity contribution in [2.24, 2.45) is 0 Å². The van der Waals surface area contributed by atoms with Crippen molar-refractivity contribution < 1.29 is 28.2 Å². The van der Waals surface area contributed by atoms with Gasteiger partial charge in [0.25, 0.3) is 0 Å². The maximum Gasteiger partial charge on any atom is 0.247 e. The third-order valence-corrected chi connectivity index (χ3v) is 7.81. The van der Waals surface area contributed by atoms with Crippen LogP contribution in [0.25, 0.3) is 11.4 Å². The molecule has 2 unspecified atom stereocenters. The Kier molecular flexibility index (Phi) is 9.63. The lowest BCUT2D eigenvalue weighted by atomic mass is 9.94. The van der Waals surface area contributed by atoms with Gasteiger partial charge in [0.15, 0.2) is 11.5 Å². The molecule has 2 aliphatic rings. The summed E-state index contributed by atoms with van der Waals surface area (Å²) in [6.07, 6.45) is 6.46. The summed E-state index contributed by atoms with van der Waals surface area (Å²) in [4.78, 5) is 30.5. The first-order chi connectivity index (χ1) is 20.4. The maximum atomic E-state index is 14.0. The fourth-order valence-corrected chi connectivity index (χ4v) is 5.62. The molecule has 1 saturated heterocycles. The number of hydrogen-bond acceptors (Lipinski definition) is 8. The van der Waals surface area contributed by atoms with Crippen molar-refractivity contribution in [3.05, 3.63) is 53.8 Å². The Bertz CT molecular complexity index is 1350. The Morgan fingerprint density at radius 3 is 2.50 bits per heavy atom. The van der Waals surface area contributed by atoms with Crippen LogP contribution in [0.1, 0.15) is 56.6 Å². The molecular weight excluding hydrogens is 543 g/mol. The van der Waals surface area contributed by atoms with Crippen LogP contribution in [0, 0.1) is 5.82 Å². The van der Waals surface area contributed by atoms with E-state index in [-0.39, 0.29) is 37.0 Å². The van der Waals surface area contributed by atoms with Crippen LogP contribution in [-0.4, -0.2) is 76.4 Å². The SMILES string of the molecule is COc1ccc(-c2nnn(CC(=O)N(CC3CCCO3)C(C(=O)NC3CCCCC3)c3ccc(F)cc3)n2)cc1OC. The Morgan fingerprint density at radius 2 is 1.81 bits per heavy atom. The molecule has 2 amide bonds. The number of nitrogens with one attached hydrogen (secondary N) is 1. The second-order valence-corrected chi connectivity index (χ2v) is 10.7. The number of carbonyl (C=O) groups excluding carboxylic acids is 2. The molecule has 0 bridgehead atoms. The number of halogens is 1. The van der Waals surface area contributed by atoms with Crippen molar-refractivity contribution in [2.75, 3.05) is 27.4 Å². The van der Waals surface area contributed by atoms with E-state index < -0.39 is 11.9 Å². The molecule has 1 N–H and O–H groups in total. The number of benzene rings is 2. The second-order valence-electron chi connectivity index (χ2n) is 10.7. The zero-order chi connectivity index (χ0) is 29.5. The van der Waals surface area contributed by atoms with Crippen LogP contribution in [0.15, 0.2) is 42.5 Å². The van der Waals surface area contributed by atoms with Gasteiger partial charge in [-0.3, -0.25) is 9.59 Å². The van der Waals surface area contributed by atoms with Crippen molar-refractivity contribution in [3.8, 4) is 22.9 Å². The smallest absolute Gasteiger partial charge is 0.247 e. The van der Waals surface area contributed by atoms with Crippen LogP contribution in [0.3, 0.4) is 0 Å². The molecule has 11 nitrogen and oxygen atoms in total. The summed E-state index contributed by atoms with van der Waals surface area (Å²) in [6, 6.07) is 10.0. The molecule has 1 aliphatic carbocycles. The van der Waals surface area contributed by atoms with Gasteiger partial charge in [0.2, 0.25) is 17.6 Å². The monoisotopic (exact) mass is 580 g/mol. The standard InChI is InChI=1S/C30H37FN6O5/c1-40-25-15-12-21(17-26(25)41-2)29-33-35-37(34-29)19-27(38)36(18-24-9-6-16-42-24)28(20-10-13-22(31)14-11-20)30(39)32-23-7-4-3-5-8-23/h10-15,17,23-24,28H,3-9,16,18-19H2,1-2H3,(H,32,39). The normalized spacial score (nSPS) is 17.9. The number of amides is 2. The van der Waals surface area contributed by atoms with E-state index in [0.717, 1.165) is 44.9 Å². The average molecular weight is 581 g/mol. The summed E-state index contributed by atoms with van der Waals surface area (Å²) in [6.45, 7) is 0.555. The largest absolute Gasteiger partial charge is 0.493 e. The summed E-state index contributed by atoms with van der Waals surface area (Å²) >= 11 is 0. The number of rotatable bonds is 11. The summed E-state index contributed by atoms with van der Waals surface area (Å²) in [5.74, 6) is 0.284. The molecule has 2 atom stereocenters. The van der Waals surface area contributed by atoms with Crippen LogP contribution in [-0.2, 0) is 20.9 Å². The highest BCUT2D eigenvalue weighted by Crippen LogP contribution is 2.31. The van der Waals surface area contributed by atoms with Crippen LogP contribution < -0.4 is 14.8 Å². The van der Waals surface area contributed by atoms with Gasteiger partial charge < -0.3 is 24.4 Å². The molecule has 1 saturated carbocycles. The molecule has 0 spiro atoms. The summed E-state index contributed by atoms with van der Waals surface area (Å²) in [5.41, 5.74) is 1.16. The zero-order valence-electron chi connectivity index (χ0n) is 24.0. The van der Waals surface area contributed by atoms with Gasteiger partial charge in [0.05, 0.1) is 20.3 Å². The van der Waals surface area contributed by atoms with Crippen molar-refractivity contribution >= 4 is 11.8 Å². The van der Waals surface area contributed by atoms with Crippen molar-refractivity contribution in [2.45, 2.75) is 69.7 Å². The maximum absolute atomic E-state index is 14.0. The number of aromatic nitrogens is 4. The molecule has 0 radical (unpaired) electrons. The van der Waals surface area contributed by atoms with Gasteiger partial charge in [0, 0.05) is 24.8 Å². The molecule has 2 fully saturated rings. The van der Waals surface area contributed by atoms with E-state index in [4.69, 9.17) is 14.2 Å². The van der Waals surface area contributed by atoms with E-state index in [1.807, 2.05) is 0 Å². The second kappa shape index (κ2) is 13.7. The van der Waals surface area contributed by atoms with Gasteiger partial charge in [-0.15, -0.1) is 10.2 Å². The van der Waals surface area contributed by atoms with Gasteiger partial charge in [-0.2, -0.15) is 4.80 Å². The molecule has 12 heteroatoms. The van der Waals surface area contributed by atoms with Gasteiger partial charge in [-0.05, 0) is 66.8 Å². The zero-order valence-corrected chi connectivity index (χ0v) is 24.0. The van der Waals surface area contributed by atoms with Gasteiger partial charge in [0.1, 0.15) is 18.4 Å². The molecule has 224 valence electrons. The molecule has 1 aromatic heterocycles. The predicted octanol–water partition coefficient (Wildman–Crippen LogP) is 3.69. The number of methoxy groups -OCH3 is 2. The molecule has 2 aromatic carbocycles. The third-order valence-electron chi connectivity index (χ3n) is 7.81. The molecule has 5 rings (SSSR count). The Labute approximate surface area is 244 Å². The Hall–Kier alpha value is -4.06. The van der Waals surface area contributed by atoms with E-state index in [1.54, 1.807) is 37.4 Å². The highest BCUT2D eigenvalue weighted by Gasteiger charge is 2.35. The van der Waals surface area contributed by atoms with Gasteiger partial charge in [-0.25, -0.2) is 4.39 Å². The molecule has 1 aliphatic heterocycles. The highest BCUT2D eigenvalue weighted by molar-refractivity contribution is 5.89. The lowest BCUT2D eigenvalue weighted by Gasteiger charge is -2.34. The van der Waals surface area contributed by atoms with Gasteiger partial charge in [-0.1, -0.05) is 31.4 Å². The average Bonchev–Trinajstić information content (AvgIpc) is 3.70. The number of carbonyl (C=O) groups is 2. The number of nitrogens with zero attached hydrogens (tertiary/aromatic N) is 5. The fourth-order valence-electron chi connectivity index (χ4n) is 5.62. The molecular formula is C30H37FN6O5. The van der Waals surface area contributed by atoms with Crippen molar-refractivity contribution in [1.82, 2.24) is 30.4 Å². The Balaban J connectivity index is 1.41. The molecule has 3 aromatic rings. The molecule has 2 heterocycles. The van der Waals surface area contributed by atoms with E-state index in [9.17, 15) is 14.0 Å². The van der Waals surface area contributed by atoms with Crippen LogP contribution in [0.4, 0.5) is 4.39 Å². The third kappa shape index (κ3) is 7.04. The summed E-state index contributed by atoms with van der Waals surface area (Å²) in [5, 5.41) is 15.8. The lowest BCUT2D eigenvalue weighted by molar-refractivity contribution is -0.143. The minimum atomic E-state index is -0.974. The van der Waals surface area contributed by atoms with Crippen molar-refractivity contribution in [3.63, 3.8) is 0 Å². The number of tetrazole rings is 1. The van der Waals surface area contributed by atoms with Crippen LogP contribution in [0.2, 0.25) is 0 Å². The van der Waals surface area contributed by atoms with Crippen LogP contribution >= 0.6 is 0 Å². The van der Waals surface area contributed by atoms with E-state index in [0.29, 0.717) is 35.1 Å². The summed E-state index contributed by atoms with van der Waals surface area (Å²) in [7, 11) is 3.09. The van der Waals surface area contributed by atoms with Gasteiger partial charge >= 0.3 is 0 Å². The van der Waals surface area contributed by atoms with E-state index >= 15 is 0 Å². The predicted molar refractivity (Wildman–Crippen MR) is 151 cm³/mol. The Morgan fingerprint density at radius 1 is 1.05 bits per heavy atom. The number of hydrogen-bond donors (Lipinski definition) is 1. The topological polar surface area (TPSA) is 121 Å². The van der Waals surface area contributed by atoms with E-state index in [1.165, 1.54) is 28.9 Å². The first kappa shape index (κ1) is 29.4. The highest BCUT2D eigenvalue weighted by atomic mass is 19.1. The fraction of sp³-hybridized carbons (Fsp3) is 0.500. The molecule has 42 heavy (non-hydrogen) atoms. The van der Waals surface area contributed by atoms with Crippen molar-refractivity contribution in [1.29, 1.82) is 0 Å². The lowest BCUT2D eigenvalue weighted by Crippen LogP contribution is -2.50. The minimum Gasteiger partial charge on any atom is -0.493 e. The van der Waals surface area contributed by atoms with E-state index in [2.05, 4.69) is 20.7 Å². The first-order valence-corrected chi connectivity index (χ1v) is 14.4. The first-order valence-electron chi connectivity index (χ1n) is 14.4. The quantitative estimate of drug-likeness (QED) is 0.365.